The van der Waals surface area contributed by atoms with Crippen molar-refractivity contribution in [3.05, 3.63) is 34.5 Å². The Bertz CT molecular complexity index is 687. The first-order chi connectivity index (χ1) is 9.36. The molecule has 0 unspecified atom stereocenters. The average molecular weight is 274 g/mol. The number of carboxylic acid groups (broad SMARTS) is 1. The van der Waals surface area contributed by atoms with E-state index in [1.54, 1.807) is 25.8 Å². The lowest BCUT2D eigenvalue weighted by Gasteiger charge is -2.12. The zero-order valence-corrected chi connectivity index (χ0v) is 12.3. The molecule has 2 rings (SSSR count). The van der Waals surface area contributed by atoms with Crippen molar-refractivity contribution in [1.82, 2.24) is 9.78 Å². The Morgan fingerprint density at radius 1 is 1.25 bits per heavy atom. The van der Waals surface area contributed by atoms with E-state index < -0.39 is 5.97 Å². The minimum atomic E-state index is -0.960. The van der Waals surface area contributed by atoms with Gasteiger partial charge in [0.2, 0.25) is 0 Å². The van der Waals surface area contributed by atoms with Crippen LogP contribution in [0.3, 0.4) is 0 Å². The Morgan fingerprint density at radius 3 is 2.45 bits per heavy atom. The van der Waals surface area contributed by atoms with E-state index in [9.17, 15) is 9.90 Å². The van der Waals surface area contributed by atoms with Crippen molar-refractivity contribution >= 4 is 5.97 Å². The summed E-state index contributed by atoms with van der Waals surface area (Å²) >= 11 is 0. The molecule has 0 atom stereocenters. The zero-order valence-electron chi connectivity index (χ0n) is 12.3. The average Bonchev–Trinajstić information content (AvgIpc) is 2.66. The molecule has 20 heavy (non-hydrogen) atoms. The van der Waals surface area contributed by atoms with Crippen LogP contribution in [0, 0.1) is 20.8 Å². The summed E-state index contributed by atoms with van der Waals surface area (Å²) in [6, 6.07) is 3.86. The van der Waals surface area contributed by atoms with Gasteiger partial charge in [-0.2, -0.15) is 5.10 Å². The Morgan fingerprint density at radius 2 is 1.90 bits per heavy atom. The van der Waals surface area contributed by atoms with Crippen molar-refractivity contribution in [2.45, 2.75) is 20.8 Å². The number of aromatic carboxylic acids is 1. The van der Waals surface area contributed by atoms with Gasteiger partial charge in [0.05, 0.1) is 18.5 Å². The smallest absolute Gasteiger partial charge is 0.339 e. The number of ether oxygens (including phenoxy) is 1. The van der Waals surface area contributed by atoms with E-state index in [-0.39, 0.29) is 5.56 Å². The van der Waals surface area contributed by atoms with E-state index in [2.05, 4.69) is 5.10 Å². The summed E-state index contributed by atoms with van der Waals surface area (Å²) < 4.78 is 6.91. The van der Waals surface area contributed by atoms with Gasteiger partial charge < -0.3 is 9.84 Å². The quantitative estimate of drug-likeness (QED) is 0.934. The molecule has 0 saturated carbocycles. The molecule has 2 aromatic rings. The molecule has 106 valence electrons. The molecule has 0 amide bonds. The van der Waals surface area contributed by atoms with Crippen molar-refractivity contribution in [2.75, 3.05) is 7.11 Å². The van der Waals surface area contributed by atoms with Crippen LogP contribution >= 0.6 is 0 Å². The van der Waals surface area contributed by atoms with E-state index in [0.717, 1.165) is 22.4 Å². The number of carboxylic acids is 1. The molecule has 0 aliphatic carbocycles. The highest BCUT2D eigenvalue weighted by molar-refractivity contribution is 5.96. The van der Waals surface area contributed by atoms with Gasteiger partial charge in [0.25, 0.3) is 0 Å². The summed E-state index contributed by atoms with van der Waals surface area (Å²) in [5, 5.41) is 13.6. The third-order valence-electron chi connectivity index (χ3n) is 3.43. The lowest BCUT2D eigenvalue weighted by atomic mass is 9.98. The summed E-state index contributed by atoms with van der Waals surface area (Å²) in [4.78, 5) is 11.5. The van der Waals surface area contributed by atoms with Gasteiger partial charge in [0.1, 0.15) is 11.3 Å². The minimum Gasteiger partial charge on any atom is -0.496 e. The van der Waals surface area contributed by atoms with Gasteiger partial charge >= 0.3 is 5.97 Å². The third kappa shape index (κ3) is 2.15. The first-order valence-electron chi connectivity index (χ1n) is 6.29. The van der Waals surface area contributed by atoms with Crippen molar-refractivity contribution in [3.63, 3.8) is 0 Å². The van der Waals surface area contributed by atoms with Crippen LogP contribution in [0.2, 0.25) is 0 Å². The Labute approximate surface area is 117 Å². The summed E-state index contributed by atoms with van der Waals surface area (Å²) in [6.07, 6.45) is 0. The van der Waals surface area contributed by atoms with Crippen LogP contribution in [0.5, 0.6) is 5.75 Å². The monoisotopic (exact) mass is 274 g/mol. The maximum atomic E-state index is 11.5. The highest BCUT2D eigenvalue weighted by atomic mass is 16.5. The molecule has 0 radical (unpaired) electrons. The maximum absolute atomic E-state index is 11.5. The van der Waals surface area contributed by atoms with Gasteiger partial charge in [-0.05, 0) is 44.0 Å². The predicted molar refractivity (Wildman–Crippen MR) is 76.4 cm³/mol. The van der Waals surface area contributed by atoms with Gasteiger partial charge in [0, 0.05) is 12.6 Å². The first-order valence-corrected chi connectivity index (χ1v) is 6.29. The molecule has 0 saturated heterocycles. The van der Waals surface area contributed by atoms with Crippen LogP contribution in [0.4, 0.5) is 0 Å². The molecule has 0 bridgehead atoms. The second kappa shape index (κ2) is 5.00. The summed E-state index contributed by atoms with van der Waals surface area (Å²) in [7, 11) is 3.38. The summed E-state index contributed by atoms with van der Waals surface area (Å²) in [6.45, 7) is 5.58. The number of methoxy groups -OCH3 is 1. The first kappa shape index (κ1) is 14.1. The molecule has 0 aliphatic rings. The minimum absolute atomic E-state index is 0.250. The number of hydrogen-bond acceptors (Lipinski definition) is 3. The van der Waals surface area contributed by atoms with Gasteiger partial charge in [-0.3, -0.25) is 4.68 Å². The molecule has 0 spiro atoms. The largest absolute Gasteiger partial charge is 0.496 e. The van der Waals surface area contributed by atoms with Gasteiger partial charge in [-0.25, -0.2) is 4.79 Å². The van der Waals surface area contributed by atoms with Crippen LogP contribution in [-0.2, 0) is 7.05 Å². The molecule has 1 N–H and O–H groups in total. The Balaban J connectivity index is 2.75. The van der Waals surface area contributed by atoms with Crippen molar-refractivity contribution in [3.8, 4) is 17.0 Å². The van der Waals surface area contributed by atoms with Crippen LogP contribution in [0.1, 0.15) is 27.2 Å². The SMILES string of the molecule is COc1cc(C)c(-c2c(C(=O)O)c(C)nn2C)cc1C. The number of hydrogen-bond donors (Lipinski definition) is 1. The molecule has 1 heterocycles. The van der Waals surface area contributed by atoms with Gasteiger partial charge in [0.15, 0.2) is 0 Å². The van der Waals surface area contributed by atoms with Gasteiger partial charge in [-0.15, -0.1) is 0 Å². The van der Waals surface area contributed by atoms with Crippen molar-refractivity contribution in [1.29, 1.82) is 0 Å². The fraction of sp³-hybridized carbons (Fsp3) is 0.333. The Kier molecular flexibility index (Phi) is 3.53. The fourth-order valence-electron chi connectivity index (χ4n) is 2.49. The lowest BCUT2D eigenvalue weighted by Crippen LogP contribution is -2.03. The van der Waals surface area contributed by atoms with E-state index in [4.69, 9.17) is 4.74 Å². The maximum Gasteiger partial charge on any atom is 0.339 e. The van der Waals surface area contributed by atoms with E-state index in [1.165, 1.54) is 0 Å². The zero-order chi connectivity index (χ0) is 15.0. The normalized spacial score (nSPS) is 10.7. The van der Waals surface area contributed by atoms with Crippen LogP contribution in [-0.4, -0.2) is 28.0 Å². The number of nitrogens with zero attached hydrogens (tertiary/aromatic N) is 2. The van der Waals surface area contributed by atoms with E-state index in [0.29, 0.717) is 11.4 Å². The van der Waals surface area contributed by atoms with Crippen molar-refractivity contribution in [2.24, 2.45) is 7.05 Å². The van der Waals surface area contributed by atoms with E-state index in [1.807, 2.05) is 26.0 Å². The molecule has 5 heteroatoms. The van der Waals surface area contributed by atoms with Gasteiger partial charge in [-0.1, -0.05) is 0 Å². The Hall–Kier alpha value is -2.30. The number of aromatic nitrogens is 2. The van der Waals surface area contributed by atoms with Crippen LogP contribution in [0.15, 0.2) is 12.1 Å². The second-order valence-corrected chi connectivity index (χ2v) is 4.87. The standard InChI is InChI=1S/C15H18N2O3/c1-8-7-12(20-5)9(2)6-11(8)14-13(15(18)19)10(3)16-17(14)4/h6-7H,1-5H3,(H,18,19). The van der Waals surface area contributed by atoms with Crippen LogP contribution < -0.4 is 4.74 Å². The third-order valence-corrected chi connectivity index (χ3v) is 3.43. The molecule has 1 aromatic carbocycles. The highest BCUT2D eigenvalue weighted by Gasteiger charge is 2.22. The fourth-order valence-corrected chi connectivity index (χ4v) is 2.49. The number of aryl methyl sites for hydroxylation is 4. The number of benzene rings is 1. The van der Waals surface area contributed by atoms with Crippen molar-refractivity contribution < 1.29 is 14.6 Å². The molecule has 1 aromatic heterocycles. The molecular weight excluding hydrogens is 256 g/mol. The second-order valence-electron chi connectivity index (χ2n) is 4.87. The summed E-state index contributed by atoms with van der Waals surface area (Å²) in [5.74, 6) is -0.166. The number of rotatable bonds is 3. The summed E-state index contributed by atoms with van der Waals surface area (Å²) in [5.41, 5.74) is 4.17. The highest BCUT2D eigenvalue weighted by Crippen LogP contribution is 2.32. The van der Waals surface area contributed by atoms with Crippen LogP contribution in [0.25, 0.3) is 11.3 Å². The van der Waals surface area contributed by atoms with E-state index >= 15 is 0 Å². The predicted octanol–water partition coefficient (Wildman–Crippen LogP) is 2.72. The lowest BCUT2D eigenvalue weighted by molar-refractivity contribution is 0.0697. The topological polar surface area (TPSA) is 64.3 Å². The molecule has 0 aliphatic heterocycles. The molecular formula is C15H18N2O3. The molecule has 0 fully saturated rings. The molecule has 5 nitrogen and oxygen atoms in total. The number of carbonyl (C=O) groups is 1.